The molecule has 2 aromatic heterocycles. The van der Waals surface area contributed by atoms with E-state index < -0.39 is 24.1 Å². The van der Waals surface area contributed by atoms with Crippen molar-refractivity contribution in [1.82, 2.24) is 20.1 Å². The van der Waals surface area contributed by atoms with Crippen LogP contribution in [0, 0.1) is 12.7 Å². The van der Waals surface area contributed by atoms with Gasteiger partial charge in [-0.1, -0.05) is 6.07 Å². The standard InChI is InChI=1S/C24H23F4N5O/c1-12-8-19-16(9-15(12)13-4-6-33(7-5-13)11-24(26,27)28)20(21(29)23(34)31-19)14-2-3-18(25)22-17(14)10-30-32-22/h2-3,8-10,13H,4-7,11,29H2,1H3,(H,30,32)(H,31,34). The van der Waals surface area contributed by atoms with Crippen LogP contribution in [0.2, 0.25) is 0 Å². The number of likely N-dealkylation sites (tertiary alicyclic amines) is 1. The van der Waals surface area contributed by atoms with Gasteiger partial charge >= 0.3 is 6.18 Å². The number of piperidine rings is 1. The van der Waals surface area contributed by atoms with Crippen LogP contribution < -0.4 is 11.3 Å². The van der Waals surface area contributed by atoms with Gasteiger partial charge in [0.1, 0.15) is 17.0 Å². The summed E-state index contributed by atoms with van der Waals surface area (Å²) < 4.78 is 52.6. The zero-order valence-corrected chi connectivity index (χ0v) is 18.4. The summed E-state index contributed by atoms with van der Waals surface area (Å²) in [4.78, 5) is 16.9. The molecule has 6 nitrogen and oxygen atoms in total. The van der Waals surface area contributed by atoms with E-state index >= 15 is 0 Å². The Morgan fingerprint density at radius 1 is 1.18 bits per heavy atom. The smallest absolute Gasteiger partial charge is 0.394 e. The number of pyridine rings is 1. The van der Waals surface area contributed by atoms with E-state index in [-0.39, 0.29) is 17.1 Å². The molecular weight excluding hydrogens is 450 g/mol. The minimum absolute atomic E-state index is 0.0106. The van der Waals surface area contributed by atoms with E-state index in [1.165, 1.54) is 17.2 Å². The van der Waals surface area contributed by atoms with Crippen molar-refractivity contribution in [3.8, 4) is 11.1 Å². The molecule has 0 spiro atoms. The zero-order valence-electron chi connectivity index (χ0n) is 18.4. The van der Waals surface area contributed by atoms with Crippen molar-refractivity contribution in [1.29, 1.82) is 0 Å². The van der Waals surface area contributed by atoms with Gasteiger partial charge in [0.05, 0.1) is 12.7 Å². The number of anilines is 1. The van der Waals surface area contributed by atoms with Crippen molar-refractivity contribution < 1.29 is 17.6 Å². The number of nitrogens with zero attached hydrogens (tertiary/aromatic N) is 2. The first kappa shape index (κ1) is 22.4. The molecule has 1 aliphatic rings. The molecule has 0 saturated carbocycles. The lowest BCUT2D eigenvalue weighted by atomic mass is 9.84. The van der Waals surface area contributed by atoms with Crippen LogP contribution >= 0.6 is 0 Å². The van der Waals surface area contributed by atoms with Crippen LogP contribution in [0.15, 0.2) is 35.3 Å². The second kappa shape index (κ2) is 8.12. The molecule has 178 valence electrons. The summed E-state index contributed by atoms with van der Waals surface area (Å²) in [7, 11) is 0. The SMILES string of the molecule is Cc1cc2[nH]c(=O)c(N)c(-c3ccc(F)c4[nH]ncc34)c2cc1C1CCN(CC(F)(F)F)CC1. The molecule has 34 heavy (non-hydrogen) atoms. The van der Waals surface area contributed by atoms with Gasteiger partial charge in [0, 0.05) is 21.9 Å². The summed E-state index contributed by atoms with van der Waals surface area (Å²) in [6.45, 7) is 1.74. The van der Waals surface area contributed by atoms with Crippen molar-refractivity contribution in [2.24, 2.45) is 0 Å². The quantitative estimate of drug-likeness (QED) is 0.371. The highest BCUT2D eigenvalue weighted by molar-refractivity contribution is 6.07. The Morgan fingerprint density at radius 2 is 1.91 bits per heavy atom. The van der Waals surface area contributed by atoms with E-state index in [1.807, 2.05) is 19.1 Å². The summed E-state index contributed by atoms with van der Waals surface area (Å²) in [6.07, 6.45) is -1.53. The molecule has 4 aromatic rings. The molecule has 10 heteroatoms. The molecule has 2 aromatic carbocycles. The highest BCUT2D eigenvalue weighted by atomic mass is 19.4. The molecular formula is C24H23F4N5O. The molecule has 1 fully saturated rings. The van der Waals surface area contributed by atoms with E-state index in [0.717, 1.165) is 11.1 Å². The molecule has 3 heterocycles. The van der Waals surface area contributed by atoms with Gasteiger partial charge in [-0.15, -0.1) is 0 Å². The topological polar surface area (TPSA) is 90.8 Å². The van der Waals surface area contributed by atoms with Crippen LogP contribution in [0.25, 0.3) is 32.9 Å². The maximum absolute atomic E-state index is 14.3. The van der Waals surface area contributed by atoms with Crippen LogP contribution in [-0.2, 0) is 0 Å². The Labute approximate surface area is 191 Å². The van der Waals surface area contributed by atoms with Gasteiger partial charge in [-0.25, -0.2) is 4.39 Å². The average Bonchev–Trinajstić information content (AvgIpc) is 3.26. The van der Waals surface area contributed by atoms with Gasteiger partial charge in [-0.05, 0) is 73.7 Å². The average molecular weight is 473 g/mol. The number of fused-ring (bicyclic) bond motifs is 2. The number of hydrogen-bond donors (Lipinski definition) is 3. The number of nitrogen functional groups attached to an aromatic ring is 1. The summed E-state index contributed by atoms with van der Waals surface area (Å²) >= 11 is 0. The van der Waals surface area contributed by atoms with Gasteiger partial charge in [-0.2, -0.15) is 18.3 Å². The molecule has 0 radical (unpaired) electrons. The molecule has 4 N–H and O–H groups in total. The van der Waals surface area contributed by atoms with Crippen LogP contribution in [0.1, 0.15) is 29.9 Å². The lowest BCUT2D eigenvalue weighted by Crippen LogP contribution is -2.39. The Hall–Kier alpha value is -3.40. The van der Waals surface area contributed by atoms with Gasteiger partial charge in [0.25, 0.3) is 5.56 Å². The van der Waals surface area contributed by atoms with Crippen molar-refractivity contribution in [3.05, 3.63) is 57.8 Å². The number of nitrogens with two attached hydrogens (primary N) is 1. The number of H-pyrrole nitrogens is 2. The number of halogens is 4. The first-order valence-corrected chi connectivity index (χ1v) is 11.0. The van der Waals surface area contributed by atoms with Crippen molar-refractivity contribution >= 4 is 27.5 Å². The number of hydrogen-bond acceptors (Lipinski definition) is 4. The fraction of sp³-hybridized carbons (Fsp3) is 0.333. The van der Waals surface area contributed by atoms with Crippen LogP contribution in [0.3, 0.4) is 0 Å². The fourth-order valence-corrected chi connectivity index (χ4v) is 5.09. The van der Waals surface area contributed by atoms with Gasteiger partial charge in [0.15, 0.2) is 0 Å². The Bertz CT molecular complexity index is 1450. The third kappa shape index (κ3) is 3.91. The van der Waals surface area contributed by atoms with Crippen molar-refractivity contribution in [3.63, 3.8) is 0 Å². The minimum Gasteiger partial charge on any atom is -0.394 e. The Morgan fingerprint density at radius 3 is 2.62 bits per heavy atom. The van der Waals surface area contributed by atoms with Gasteiger partial charge in [0.2, 0.25) is 0 Å². The van der Waals surface area contributed by atoms with E-state index in [2.05, 4.69) is 15.2 Å². The molecule has 0 atom stereocenters. The van der Waals surface area contributed by atoms with Gasteiger partial charge < -0.3 is 10.7 Å². The zero-order chi connectivity index (χ0) is 24.2. The summed E-state index contributed by atoms with van der Waals surface area (Å²) in [6, 6.07) is 6.71. The molecule has 1 saturated heterocycles. The summed E-state index contributed by atoms with van der Waals surface area (Å²) in [5, 5.41) is 7.78. The molecule has 0 unspecified atom stereocenters. The lowest BCUT2D eigenvalue weighted by molar-refractivity contribution is -0.147. The molecule has 0 aliphatic carbocycles. The summed E-state index contributed by atoms with van der Waals surface area (Å²) in [5.41, 5.74) is 9.63. The number of nitrogens with one attached hydrogen (secondary N) is 2. The third-order valence-corrected chi connectivity index (χ3v) is 6.70. The summed E-state index contributed by atoms with van der Waals surface area (Å²) in [5.74, 6) is -0.386. The first-order valence-electron chi connectivity index (χ1n) is 11.0. The molecule has 1 aliphatic heterocycles. The number of rotatable bonds is 3. The largest absolute Gasteiger partial charge is 0.401 e. The van der Waals surface area contributed by atoms with Crippen LogP contribution in [0.5, 0.6) is 0 Å². The number of aromatic nitrogens is 3. The number of benzene rings is 2. The minimum atomic E-state index is -4.21. The van der Waals surface area contributed by atoms with E-state index in [4.69, 9.17) is 5.73 Å². The Kier molecular flexibility index (Phi) is 5.35. The molecule has 0 amide bonds. The van der Waals surface area contributed by atoms with E-state index in [0.29, 0.717) is 53.3 Å². The normalized spacial score (nSPS) is 16.0. The highest BCUT2D eigenvalue weighted by Crippen LogP contribution is 2.39. The predicted octanol–water partition coefficient (Wildman–Crippen LogP) is 4.84. The lowest BCUT2D eigenvalue weighted by Gasteiger charge is -2.33. The fourth-order valence-electron chi connectivity index (χ4n) is 5.09. The maximum Gasteiger partial charge on any atom is 0.401 e. The van der Waals surface area contributed by atoms with Crippen LogP contribution in [-0.4, -0.2) is 45.9 Å². The number of aryl methyl sites for hydroxylation is 1. The Balaban J connectivity index is 1.62. The molecule has 5 rings (SSSR count). The first-order chi connectivity index (χ1) is 16.1. The van der Waals surface area contributed by atoms with Crippen molar-refractivity contribution in [2.75, 3.05) is 25.4 Å². The van der Waals surface area contributed by atoms with Crippen LogP contribution in [0.4, 0.5) is 23.2 Å². The van der Waals surface area contributed by atoms with E-state index in [9.17, 15) is 22.4 Å². The second-order valence-electron chi connectivity index (χ2n) is 8.92. The number of aromatic amines is 2. The third-order valence-electron chi connectivity index (χ3n) is 6.70. The number of alkyl halides is 3. The predicted molar refractivity (Wildman–Crippen MR) is 123 cm³/mol. The monoisotopic (exact) mass is 473 g/mol. The second-order valence-corrected chi connectivity index (χ2v) is 8.92. The highest BCUT2D eigenvalue weighted by Gasteiger charge is 2.33. The maximum atomic E-state index is 14.3. The molecule has 0 bridgehead atoms. The van der Waals surface area contributed by atoms with Gasteiger partial charge in [-0.3, -0.25) is 14.8 Å². The van der Waals surface area contributed by atoms with E-state index in [1.54, 1.807) is 6.07 Å². The van der Waals surface area contributed by atoms with Crippen molar-refractivity contribution in [2.45, 2.75) is 31.9 Å².